The summed E-state index contributed by atoms with van der Waals surface area (Å²) in [4.78, 5) is 0.172. The maximum absolute atomic E-state index is 12.6. The smallest absolute Gasteiger partial charge is 0.244 e. The van der Waals surface area contributed by atoms with E-state index in [9.17, 15) is 8.42 Å². The van der Waals surface area contributed by atoms with Gasteiger partial charge in [-0.15, -0.1) is 0 Å². The van der Waals surface area contributed by atoms with E-state index in [1.165, 1.54) is 7.11 Å². The molecule has 7 heteroatoms. The fraction of sp³-hybridized carbons (Fsp3) is 0.368. The molecule has 140 valence electrons. The summed E-state index contributed by atoms with van der Waals surface area (Å²) in [6.45, 7) is 4.39. The Labute approximate surface area is 154 Å². The van der Waals surface area contributed by atoms with Crippen LogP contribution >= 0.6 is 0 Å². The second-order valence-electron chi connectivity index (χ2n) is 6.28. The van der Waals surface area contributed by atoms with Crippen LogP contribution < -0.4 is 18.9 Å². The number of benzene rings is 2. The SMILES string of the molecule is COc1cc(C)c(C)cc1S(=O)(=O)NCCCc1ccc2c(c1)OCO2. The normalized spacial score (nSPS) is 13.0. The topological polar surface area (TPSA) is 73.9 Å². The van der Waals surface area contributed by atoms with Crippen LogP contribution in [0.2, 0.25) is 0 Å². The fourth-order valence-corrected chi connectivity index (χ4v) is 4.11. The third-order valence-corrected chi connectivity index (χ3v) is 5.92. The van der Waals surface area contributed by atoms with Crippen LogP contribution in [0.15, 0.2) is 35.2 Å². The van der Waals surface area contributed by atoms with E-state index >= 15 is 0 Å². The Balaban J connectivity index is 1.61. The van der Waals surface area contributed by atoms with E-state index in [0.29, 0.717) is 18.7 Å². The Morgan fingerprint density at radius 2 is 1.81 bits per heavy atom. The Morgan fingerprint density at radius 3 is 2.58 bits per heavy atom. The molecule has 1 aliphatic rings. The van der Waals surface area contributed by atoms with Crippen molar-refractivity contribution in [2.24, 2.45) is 0 Å². The number of ether oxygens (including phenoxy) is 3. The lowest BCUT2D eigenvalue weighted by Gasteiger charge is -2.13. The summed E-state index contributed by atoms with van der Waals surface area (Å²) in [5, 5.41) is 0. The average molecular weight is 377 g/mol. The molecule has 26 heavy (non-hydrogen) atoms. The van der Waals surface area contributed by atoms with E-state index in [2.05, 4.69) is 4.72 Å². The largest absolute Gasteiger partial charge is 0.495 e. The van der Waals surface area contributed by atoms with Crippen molar-refractivity contribution in [3.8, 4) is 17.2 Å². The lowest BCUT2D eigenvalue weighted by molar-refractivity contribution is 0.174. The number of hydrogen-bond acceptors (Lipinski definition) is 5. The number of rotatable bonds is 7. The summed E-state index contributed by atoms with van der Waals surface area (Å²) in [6, 6.07) is 9.17. The van der Waals surface area contributed by atoms with Crippen LogP contribution in [0.5, 0.6) is 17.2 Å². The van der Waals surface area contributed by atoms with Gasteiger partial charge in [0.05, 0.1) is 7.11 Å². The molecule has 0 fully saturated rings. The standard InChI is InChI=1S/C19H23NO5S/c1-13-9-18(23-3)19(10-14(13)2)26(21,22)20-8-4-5-15-6-7-16-17(11-15)25-12-24-16/h6-7,9-11,20H,4-5,8,12H2,1-3H3. The first-order chi connectivity index (χ1) is 12.4. The minimum Gasteiger partial charge on any atom is -0.495 e. The minimum atomic E-state index is -3.63. The average Bonchev–Trinajstić information content (AvgIpc) is 3.08. The van der Waals surface area contributed by atoms with Crippen LogP contribution in [0.3, 0.4) is 0 Å². The molecule has 0 bridgehead atoms. The number of fused-ring (bicyclic) bond motifs is 1. The van der Waals surface area contributed by atoms with Gasteiger partial charge in [-0.2, -0.15) is 0 Å². The molecule has 0 amide bonds. The third-order valence-electron chi connectivity index (χ3n) is 4.44. The van der Waals surface area contributed by atoms with Gasteiger partial charge in [0.25, 0.3) is 0 Å². The van der Waals surface area contributed by atoms with Gasteiger partial charge in [-0.25, -0.2) is 13.1 Å². The minimum absolute atomic E-state index is 0.172. The molecule has 0 saturated heterocycles. The van der Waals surface area contributed by atoms with Gasteiger partial charge in [-0.05, 0) is 67.6 Å². The highest BCUT2D eigenvalue weighted by Crippen LogP contribution is 2.32. The third kappa shape index (κ3) is 3.94. The monoisotopic (exact) mass is 377 g/mol. The van der Waals surface area contributed by atoms with E-state index in [-0.39, 0.29) is 11.7 Å². The summed E-state index contributed by atoms with van der Waals surface area (Å²) >= 11 is 0. The summed E-state index contributed by atoms with van der Waals surface area (Å²) in [6.07, 6.45) is 1.41. The van der Waals surface area contributed by atoms with Gasteiger partial charge < -0.3 is 14.2 Å². The molecular weight excluding hydrogens is 354 g/mol. The predicted molar refractivity (Wildman–Crippen MR) is 98.5 cm³/mol. The van der Waals surface area contributed by atoms with Crippen LogP contribution in [0, 0.1) is 13.8 Å². The molecule has 1 heterocycles. The summed E-state index contributed by atoms with van der Waals surface area (Å²) < 4.78 is 43.8. The lowest BCUT2D eigenvalue weighted by Crippen LogP contribution is -2.25. The van der Waals surface area contributed by atoms with Gasteiger partial charge in [0, 0.05) is 6.54 Å². The number of aryl methyl sites for hydroxylation is 3. The molecule has 0 aliphatic carbocycles. The molecule has 0 atom stereocenters. The molecule has 3 rings (SSSR count). The Morgan fingerprint density at radius 1 is 1.08 bits per heavy atom. The molecular formula is C19H23NO5S. The molecule has 2 aromatic carbocycles. The first-order valence-corrected chi connectivity index (χ1v) is 9.92. The summed E-state index contributed by atoms with van der Waals surface area (Å²) in [7, 11) is -2.15. The van der Waals surface area contributed by atoms with Gasteiger partial charge in [0.15, 0.2) is 11.5 Å². The van der Waals surface area contributed by atoms with Crippen molar-refractivity contribution in [3.63, 3.8) is 0 Å². The van der Waals surface area contributed by atoms with E-state index in [1.807, 2.05) is 32.0 Å². The molecule has 0 saturated carbocycles. The zero-order valence-corrected chi connectivity index (χ0v) is 16.0. The highest BCUT2D eigenvalue weighted by Gasteiger charge is 2.20. The highest BCUT2D eigenvalue weighted by atomic mass is 32.2. The first-order valence-electron chi connectivity index (χ1n) is 8.44. The zero-order valence-electron chi connectivity index (χ0n) is 15.2. The summed E-state index contributed by atoms with van der Waals surface area (Å²) in [5.74, 6) is 1.84. The van der Waals surface area contributed by atoms with Crippen molar-refractivity contribution in [2.75, 3.05) is 20.4 Å². The Bertz CT molecular complexity index is 908. The highest BCUT2D eigenvalue weighted by molar-refractivity contribution is 7.89. The van der Waals surface area contributed by atoms with Crippen LogP contribution in [0.25, 0.3) is 0 Å². The van der Waals surface area contributed by atoms with Crippen molar-refractivity contribution in [1.82, 2.24) is 4.72 Å². The molecule has 0 radical (unpaired) electrons. The van der Waals surface area contributed by atoms with Crippen LogP contribution in [0.4, 0.5) is 0 Å². The van der Waals surface area contributed by atoms with E-state index < -0.39 is 10.0 Å². The van der Waals surface area contributed by atoms with Gasteiger partial charge in [-0.3, -0.25) is 0 Å². The molecule has 1 N–H and O–H groups in total. The Hall–Kier alpha value is -2.25. The second kappa shape index (κ2) is 7.55. The molecule has 1 aliphatic heterocycles. The fourth-order valence-electron chi connectivity index (χ4n) is 2.81. The van der Waals surface area contributed by atoms with Crippen molar-refractivity contribution < 1.29 is 22.6 Å². The van der Waals surface area contributed by atoms with Crippen molar-refractivity contribution in [3.05, 3.63) is 47.0 Å². The number of nitrogens with one attached hydrogen (secondary N) is 1. The van der Waals surface area contributed by atoms with Gasteiger partial charge >= 0.3 is 0 Å². The van der Waals surface area contributed by atoms with E-state index in [1.54, 1.807) is 12.1 Å². The van der Waals surface area contributed by atoms with E-state index in [4.69, 9.17) is 14.2 Å². The molecule has 0 unspecified atom stereocenters. The van der Waals surface area contributed by atoms with Gasteiger partial charge in [0.2, 0.25) is 16.8 Å². The van der Waals surface area contributed by atoms with Crippen molar-refractivity contribution in [2.45, 2.75) is 31.6 Å². The predicted octanol–water partition coefficient (Wildman–Crippen LogP) is 2.95. The van der Waals surface area contributed by atoms with Gasteiger partial charge in [0.1, 0.15) is 10.6 Å². The number of sulfonamides is 1. The van der Waals surface area contributed by atoms with E-state index in [0.717, 1.165) is 34.6 Å². The maximum Gasteiger partial charge on any atom is 0.244 e. The number of hydrogen-bond donors (Lipinski definition) is 1. The van der Waals surface area contributed by atoms with Crippen molar-refractivity contribution >= 4 is 10.0 Å². The van der Waals surface area contributed by atoms with Gasteiger partial charge in [-0.1, -0.05) is 6.07 Å². The number of methoxy groups -OCH3 is 1. The lowest BCUT2D eigenvalue weighted by atomic mass is 10.1. The van der Waals surface area contributed by atoms with Crippen molar-refractivity contribution in [1.29, 1.82) is 0 Å². The molecule has 6 nitrogen and oxygen atoms in total. The van der Waals surface area contributed by atoms with Crippen LogP contribution in [-0.4, -0.2) is 28.9 Å². The zero-order chi connectivity index (χ0) is 18.7. The van der Waals surface area contributed by atoms with Crippen LogP contribution in [-0.2, 0) is 16.4 Å². The maximum atomic E-state index is 12.6. The second-order valence-corrected chi connectivity index (χ2v) is 8.01. The Kier molecular flexibility index (Phi) is 5.38. The summed E-state index contributed by atoms with van der Waals surface area (Å²) in [5.41, 5.74) is 2.98. The molecule has 0 spiro atoms. The molecule has 2 aromatic rings. The van der Waals surface area contributed by atoms with Crippen LogP contribution in [0.1, 0.15) is 23.1 Å². The first kappa shape index (κ1) is 18.5. The quantitative estimate of drug-likeness (QED) is 0.751. The molecule has 0 aromatic heterocycles.